The van der Waals surface area contributed by atoms with Gasteiger partial charge in [0.15, 0.2) is 0 Å². The largest absolute Gasteiger partial charge is 0.370 e. The van der Waals surface area contributed by atoms with Crippen LogP contribution in [0.5, 0.6) is 0 Å². The molecule has 2 aliphatic rings. The van der Waals surface area contributed by atoms with Crippen LogP contribution < -0.4 is 0 Å². The van der Waals surface area contributed by atoms with E-state index in [0.717, 1.165) is 24.8 Å². The molecule has 4 rings (SSSR count). The number of hydrogen-bond acceptors (Lipinski definition) is 2. The Hall–Kier alpha value is -2.13. The Bertz CT molecular complexity index is 698. The molecule has 23 heavy (non-hydrogen) atoms. The van der Waals surface area contributed by atoms with Crippen molar-refractivity contribution in [3.8, 4) is 0 Å². The molecule has 0 unspecified atom stereocenters. The molecule has 3 nitrogen and oxygen atoms in total. The van der Waals surface area contributed by atoms with Gasteiger partial charge in [-0.1, -0.05) is 42.5 Å². The van der Waals surface area contributed by atoms with E-state index >= 15 is 0 Å². The molecule has 2 aromatic carbocycles. The van der Waals surface area contributed by atoms with Gasteiger partial charge >= 0.3 is 0 Å². The molecule has 0 bridgehead atoms. The number of ether oxygens (including phenoxy) is 1. The first-order valence-electron chi connectivity index (χ1n) is 8.40. The van der Waals surface area contributed by atoms with Gasteiger partial charge in [0, 0.05) is 12.1 Å². The molecule has 1 fully saturated rings. The highest BCUT2D eigenvalue weighted by atomic mass is 16.5. The average Bonchev–Trinajstić information content (AvgIpc) is 2.81. The van der Waals surface area contributed by atoms with Crippen LogP contribution in [0.25, 0.3) is 0 Å². The molecule has 0 aromatic heterocycles. The van der Waals surface area contributed by atoms with Crippen molar-refractivity contribution in [2.75, 3.05) is 13.2 Å². The number of fused-ring (bicyclic) bond motifs is 3. The lowest BCUT2D eigenvalue weighted by atomic mass is 9.96. The summed E-state index contributed by atoms with van der Waals surface area (Å²) in [5.74, 6) is 0.128. The SMILES string of the molecule is O=C(c1ccccc1)N1CCO[C@@H]2c3ccccc3CCC[C@H]21. The van der Waals surface area contributed by atoms with Gasteiger partial charge in [-0.2, -0.15) is 0 Å². The van der Waals surface area contributed by atoms with Crippen LogP contribution in [0.3, 0.4) is 0 Å². The summed E-state index contributed by atoms with van der Waals surface area (Å²) in [6.45, 7) is 1.28. The van der Waals surface area contributed by atoms with E-state index < -0.39 is 0 Å². The van der Waals surface area contributed by atoms with Crippen LogP contribution in [0.1, 0.15) is 40.4 Å². The second-order valence-electron chi connectivity index (χ2n) is 6.31. The molecule has 0 saturated carbocycles. The van der Waals surface area contributed by atoms with E-state index in [-0.39, 0.29) is 18.1 Å². The Morgan fingerprint density at radius 2 is 1.83 bits per heavy atom. The number of morpholine rings is 1. The van der Waals surface area contributed by atoms with Crippen LogP contribution in [0.4, 0.5) is 0 Å². The summed E-state index contributed by atoms with van der Waals surface area (Å²) in [5, 5.41) is 0. The third-order valence-corrected chi connectivity index (χ3v) is 4.97. The minimum Gasteiger partial charge on any atom is -0.370 e. The molecule has 1 heterocycles. The molecule has 1 aliphatic carbocycles. The standard InChI is InChI=1S/C20H21NO2/c22-20(16-8-2-1-3-9-16)21-13-14-23-19-17-11-5-4-7-15(17)10-6-12-18(19)21/h1-5,7-9,11,18-19H,6,10,12-14H2/t18-,19-/m1/s1. The molecule has 118 valence electrons. The Morgan fingerprint density at radius 1 is 1.04 bits per heavy atom. The van der Waals surface area contributed by atoms with Gasteiger partial charge in [0.05, 0.1) is 12.6 Å². The zero-order valence-electron chi connectivity index (χ0n) is 13.2. The lowest BCUT2D eigenvalue weighted by Gasteiger charge is -2.41. The van der Waals surface area contributed by atoms with Gasteiger partial charge in [-0.15, -0.1) is 0 Å². The molecule has 1 aliphatic heterocycles. The van der Waals surface area contributed by atoms with Crippen molar-refractivity contribution in [1.82, 2.24) is 4.90 Å². The Morgan fingerprint density at radius 3 is 2.70 bits per heavy atom. The highest BCUT2D eigenvalue weighted by Crippen LogP contribution is 2.37. The predicted octanol–water partition coefficient (Wildman–Crippen LogP) is 3.61. The van der Waals surface area contributed by atoms with Crippen LogP contribution in [-0.2, 0) is 11.2 Å². The average molecular weight is 307 g/mol. The van der Waals surface area contributed by atoms with E-state index in [2.05, 4.69) is 24.3 Å². The van der Waals surface area contributed by atoms with E-state index in [4.69, 9.17) is 4.74 Å². The fourth-order valence-electron chi connectivity index (χ4n) is 3.86. The molecule has 3 heteroatoms. The number of amides is 1. The van der Waals surface area contributed by atoms with Crippen LogP contribution in [0, 0.1) is 0 Å². The van der Waals surface area contributed by atoms with E-state index in [1.165, 1.54) is 11.1 Å². The molecule has 0 radical (unpaired) electrons. The maximum absolute atomic E-state index is 12.9. The quantitative estimate of drug-likeness (QED) is 0.805. The van der Waals surface area contributed by atoms with Crippen LogP contribution >= 0.6 is 0 Å². The fourth-order valence-corrected chi connectivity index (χ4v) is 3.86. The first-order valence-corrected chi connectivity index (χ1v) is 8.40. The number of hydrogen-bond donors (Lipinski definition) is 0. The van der Waals surface area contributed by atoms with Crippen molar-refractivity contribution in [2.45, 2.75) is 31.4 Å². The molecule has 2 aromatic rings. The summed E-state index contributed by atoms with van der Waals surface area (Å²) in [6.07, 6.45) is 3.17. The van der Waals surface area contributed by atoms with Crippen molar-refractivity contribution in [3.05, 3.63) is 71.3 Å². The lowest BCUT2D eigenvalue weighted by molar-refractivity contribution is -0.0621. The van der Waals surface area contributed by atoms with Gasteiger partial charge in [0.25, 0.3) is 5.91 Å². The Labute approximate surface area is 136 Å². The van der Waals surface area contributed by atoms with Gasteiger partial charge in [-0.05, 0) is 42.5 Å². The second-order valence-corrected chi connectivity index (χ2v) is 6.31. The Kier molecular flexibility index (Phi) is 3.88. The molecule has 1 saturated heterocycles. The second kappa shape index (κ2) is 6.17. The van der Waals surface area contributed by atoms with E-state index in [0.29, 0.717) is 13.2 Å². The molecule has 2 atom stereocenters. The smallest absolute Gasteiger partial charge is 0.254 e. The monoisotopic (exact) mass is 307 g/mol. The number of carbonyl (C=O) groups excluding carboxylic acids is 1. The van der Waals surface area contributed by atoms with Crippen LogP contribution in [0.15, 0.2) is 54.6 Å². The van der Waals surface area contributed by atoms with Crippen molar-refractivity contribution in [3.63, 3.8) is 0 Å². The highest BCUT2D eigenvalue weighted by Gasteiger charge is 2.38. The summed E-state index contributed by atoms with van der Waals surface area (Å²) >= 11 is 0. The molecule has 0 N–H and O–H groups in total. The molecule has 1 amide bonds. The first-order chi connectivity index (χ1) is 11.3. The van der Waals surface area contributed by atoms with Crippen molar-refractivity contribution >= 4 is 5.91 Å². The van der Waals surface area contributed by atoms with E-state index in [1.807, 2.05) is 35.2 Å². The van der Waals surface area contributed by atoms with Gasteiger partial charge in [0.2, 0.25) is 0 Å². The minimum absolute atomic E-state index is 0.00936. The number of carbonyl (C=O) groups is 1. The molecular formula is C20H21NO2. The zero-order chi connectivity index (χ0) is 15.6. The number of rotatable bonds is 1. The summed E-state index contributed by atoms with van der Waals surface area (Å²) in [6, 6.07) is 18.3. The van der Waals surface area contributed by atoms with Crippen molar-refractivity contribution in [2.24, 2.45) is 0 Å². The zero-order valence-corrected chi connectivity index (χ0v) is 13.2. The highest BCUT2D eigenvalue weighted by molar-refractivity contribution is 5.94. The van der Waals surface area contributed by atoms with E-state index in [9.17, 15) is 4.79 Å². The first kappa shape index (κ1) is 14.5. The predicted molar refractivity (Wildman–Crippen MR) is 89.3 cm³/mol. The van der Waals surface area contributed by atoms with Crippen LogP contribution in [0.2, 0.25) is 0 Å². The van der Waals surface area contributed by atoms with Gasteiger partial charge in [0.1, 0.15) is 6.10 Å². The topological polar surface area (TPSA) is 29.5 Å². The number of benzene rings is 2. The van der Waals surface area contributed by atoms with Crippen molar-refractivity contribution in [1.29, 1.82) is 0 Å². The summed E-state index contributed by atoms with van der Waals surface area (Å²) in [5.41, 5.74) is 3.40. The molecule has 0 spiro atoms. The maximum atomic E-state index is 12.9. The van der Waals surface area contributed by atoms with Gasteiger partial charge < -0.3 is 9.64 Å². The summed E-state index contributed by atoms with van der Waals surface area (Å²) < 4.78 is 6.11. The lowest BCUT2D eigenvalue weighted by Crippen LogP contribution is -2.49. The van der Waals surface area contributed by atoms with Crippen molar-refractivity contribution < 1.29 is 9.53 Å². The normalized spacial score (nSPS) is 23.6. The maximum Gasteiger partial charge on any atom is 0.254 e. The summed E-state index contributed by atoms with van der Waals surface area (Å²) in [4.78, 5) is 15.0. The number of nitrogens with zero attached hydrogens (tertiary/aromatic N) is 1. The fraction of sp³-hybridized carbons (Fsp3) is 0.350. The van der Waals surface area contributed by atoms with Gasteiger partial charge in [-0.3, -0.25) is 4.79 Å². The van der Waals surface area contributed by atoms with E-state index in [1.54, 1.807) is 0 Å². The minimum atomic E-state index is 0.00936. The number of aryl methyl sites for hydroxylation is 1. The summed E-state index contributed by atoms with van der Waals surface area (Å²) in [7, 11) is 0. The third-order valence-electron chi connectivity index (χ3n) is 4.97. The van der Waals surface area contributed by atoms with Crippen LogP contribution in [-0.4, -0.2) is 30.0 Å². The van der Waals surface area contributed by atoms with Gasteiger partial charge in [-0.25, -0.2) is 0 Å². The Balaban J connectivity index is 1.67. The third kappa shape index (κ3) is 2.66. The molecular weight excluding hydrogens is 286 g/mol.